The Balaban J connectivity index is 2.47. The SMILES string of the molecule is [2H]CN1C(=O)CCC1COC. The highest BCUT2D eigenvalue weighted by atomic mass is 16.5. The van der Waals surface area contributed by atoms with Crippen LogP contribution in [-0.2, 0) is 9.53 Å². The molecular formula is C7H13NO2. The van der Waals surface area contributed by atoms with Gasteiger partial charge < -0.3 is 9.64 Å². The van der Waals surface area contributed by atoms with Crippen molar-refractivity contribution in [3.8, 4) is 0 Å². The first-order valence-corrected chi connectivity index (χ1v) is 3.37. The molecule has 0 aromatic rings. The average Bonchev–Trinajstić information content (AvgIpc) is 2.33. The summed E-state index contributed by atoms with van der Waals surface area (Å²) < 4.78 is 12.0. The molecule has 0 spiro atoms. The number of amides is 1. The Morgan fingerprint density at radius 1 is 2.00 bits per heavy atom. The third-order valence-corrected chi connectivity index (χ3v) is 1.81. The highest BCUT2D eigenvalue weighted by Crippen LogP contribution is 2.15. The molecule has 3 heteroatoms. The van der Waals surface area contributed by atoms with E-state index in [1.54, 1.807) is 12.0 Å². The molecule has 1 heterocycles. The number of methoxy groups -OCH3 is 1. The van der Waals surface area contributed by atoms with Gasteiger partial charge in [-0.05, 0) is 6.42 Å². The summed E-state index contributed by atoms with van der Waals surface area (Å²) in [5, 5.41) is 0. The third kappa shape index (κ3) is 1.29. The van der Waals surface area contributed by atoms with Crippen molar-refractivity contribution >= 4 is 5.91 Å². The van der Waals surface area contributed by atoms with E-state index in [1.165, 1.54) is 0 Å². The highest BCUT2D eigenvalue weighted by molar-refractivity contribution is 5.78. The van der Waals surface area contributed by atoms with Gasteiger partial charge in [-0.15, -0.1) is 0 Å². The Bertz CT molecular complexity index is 151. The minimum Gasteiger partial charge on any atom is -0.383 e. The van der Waals surface area contributed by atoms with Gasteiger partial charge in [-0.2, -0.15) is 0 Å². The van der Waals surface area contributed by atoms with E-state index in [0.717, 1.165) is 6.42 Å². The van der Waals surface area contributed by atoms with Crippen LogP contribution in [0.2, 0.25) is 0 Å². The number of carbonyl (C=O) groups is 1. The van der Waals surface area contributed by atoms with E-state index in [9.17, 15) is 4.79 Å². The minimum absolute atomic E-state index is 0.0624. The Kier molecular flexibility index (Phi) is 1.86. The van der Waals surface area contributed by atoms with Crippen molar-refractivity contribution in [2.24, 2.45) is 0 Å². The van der Waals surface area contributed by atoms with Crippen LogP contribution >= 0.6 is 0 Å². The molecule has 0 saturated carbocycles. The van der Waals surface area contributed by atoms with Crippen molar-refractivity contribution in [3.63, 3.8) is 0 Å². The van der Waals surface area contributed by atoms with Gasteiger partial charge in [0.1, 0.15) is 0 Å². The summed E-state index contributed by atoms with van der Waals surface area (Å²) in [6.45, 7) is 0.560. The standard InChI is InChI=1S/C7H13NO2/c1-8-6(5-10-2)3-4-7(8)9/h6H,3-5H2,1-2H3/i1D. The molecule has 1 atom stereocenters. The third-order valence-electron chi connectivity index (χ3n) is 1.81. The summed E-state index contributed by atoms with van der Waals surface area (Å²) in [7, 11) is 1.68. The molecule has 10 heavy (non-hydrogen) atoms. The lowest BCUT2D eigenvalue weighted by Gasteiger charge is -2.18. The Hall–Kier alpha value is -0.570. The summed E-state index contributed by atoms with van der Waals surface area (Å²) in [4.78, 5) is 12.6. The van der Waals surface area contributed by atoms with Crippen LogP contribution in [-0.4, -0.2) is 37.6 Å². The molecule has 1 amide bonds. The molecule has 58 valence electrons. The molecule has 0 aliphatic carbocycles. The van der Waals surface area contributed by atoms with Gasteiger partial charge in [-0.25, -0.2) is 0 Å². The minimum atomic E-state index is 0.0624. The quantitative estimate of drug-likeness (QED) is 0.556. The first-order chi connectivity index (χ1) is 5.29. The number of rotatable bonds is 2. The fourth-order valence-corrected chi connectivity index (χ4v) is 1.16. The fraction of sp³-hybridized carbons (Fsp3) is 0.857. The van der Waals surface area contributed by atoms with Crippen LogP contribution in [0.3, 0.4) is 0 Å². The first kappa shape index (κ1) is 6.16. The van der Waals surface area contributed by atoms with Gasteiger partial charge in [-0.3, -0.25) is 4.79 Å². The molecular weight excluding hydrogens is 130 g/mol. The molecule has 0 bridgehead atoms. The molecule has 0 N–H and O–H groups in total. The van der Waals surface area contributed by atoms with Crippen LogP contribution in [0.1, 0.15) is 14.2 Å². The number of nitrogens with zero attached hydrogens (tertiary/aromatic N) is 1. The van der Waals surface area contributed by atoms with E-state index in [0.29, 0.717) is 13.0 Å². The van der Waals surface area contributed by atoms with Crippen molar-refractivity contribution in [1.82, 2.24) is 4.90 Å². The first-order valence-electron chi connectivity index (χ1n) is 4.08. The second-order valence-corrected chi connectivity index (χ2v) is 2.51. The number of likely N-dealkylation sites (N-methyl/N-ethyl adjacent to an activating group) is 1. The van der Waals surface area contributed by atoms with Crippen LogP contribution in [0.25, 0.3) is 0 Å². The Morgan fingerprint density at radius 3 is 3.40 bits per heavy atom. The molecule has 1 aliphatic heterocycles. The van der Waals surface area contributed by atoms with Crippen LogP contribution in [0, 0.1) is 0 Å². The summed E-state index contributed by atoms with van der Waals surface area (Å²) in [6, 6.07) is 0.144. The van der Waals surface area contributed by atoms with Crippen molar-refractivity contribution in [1.29, 1.82) is 0 Å². The topological polar surface area (TPSA) is 29.5 Å². The van der Waals surface area contributed by atoms with Crippen LogP contribution in [0.15, 0.2) is 0 Å². The van der Waals surface area contributed by atoms with Crippen LogP contribution in [0.5, 0.6) is 0 Å². The zero-order valence-electron chi connectivity index (χ0n) is 7.17. The van der Waals surface area contributed by atoms with Crippen molar-refractivity contribution in [3.05, 3.63) is 0 Å². The highest BCUT2D eigenvalue weighted by Gasteiger charge is 2.26. The largest absolute Gasteiger partial charge is 0.383 e. The number of ether oxygens (including phenoxy) is 1. The van der Waals surface area contributed by atoms with E-state index in [-0.39, 0.29) is 19.0 Å². The molecule has 1 unspecified atom stereocenters. The lowest BCUT2D eigenvalue weighted by atomic mass is 10.2. The zero-order chi connectivity index (χ0) is 8.27. The van der Waals surface area contributed by atoms with Gasteiger partial charge in [0, 0.05) is 21.9 Å². The van der Waals surface area contributed by atoms with Gasteiger partial charge in [0.15, 0.2) is 0 Å². The maximum Gasteiger partial charge on any atom is 0.222 e. The number of carbonyl (C=O) groups excluding carboxylic acids is 1. The zero-order valence-corrected chi connectivity index (χ0v) is 6.17. The van der Waals surface area contributed by atoms with Gasteiger partial charge >= 0.3 is 0 Å². The Labute approximate surface area is 62.4 Å². The van der Waals surface area contributed by atoms with Gasteiger partial charge in [0.25, 0.3) is 0 Å². The number of hydrogen-bond acceptors (Lipinski definition) is 2. The molecule has 1 saturated heterocycles. The second-order valence-electron chi connectivity index (χ2n) is 2.51. The predicted octanol–water partition coefficient (Wildman–Crippen LogP) is 0.254. The van der Waals surface area contributed by atoms with Crippen molar-refractivity contribution < 1.29 is 10.9 Å². The van der Waals surface area contributed by atoms with Gasteiger partial charge in [0.2, 0.25) is 5.91 Å². The predicted molar refractivity (Wildman–Crippen MR) is 37.7 cm³/mol. The van der Waals surface area contributed by atoms with Gasteiger partial charge in [-0.1, -0.05) is 0 Å². The smallest absolute Gasteiger partial charge is 0.222 e. The van der Waals surface area contributed by atoms with Gasteiger partial charge in [0.05, 0.1) is 12.6 Å². The molecule has 3 nitrogen and oxygen atoms in total. The van der Waals surface area contributed by atoms with E-state index in [4.69, 9.17) is 6.11 Å². The maximum atomic E-state index is 11.0. The molecule has 1 rings (SSSR count). The summed E-state index contributed by atoms with van der Waals surface area (Å²) in [5.74, 6) is 0.0852. The molecule has 1 fully saturated rings. The van der Waals surface area contributed by atoms with Crippen molar-refractivity contribution in [2.45, 2.75) is 18.9 Å². The fourth-order valence-electron chi connectivity index (χ4n) is 1.16. The lowest BCUT2D eigenvalue weighted by molar-refractivity contribution is -0.128. The van der Waals surface area contributed by atoms with Crippen LogP contribution in [0.4, 0.5) is 0 Å². The second kappa shape index (κ2) is 3.01. The normalized spacial score (nSPS) is 27.3. The summed E-state index contributed by atoms with van der Waals surface area (Å²) in [5.41, 5.74) is 0. The monoisotopic (exact) mass is 144 g/mol. The molecule has 0 aromatic carbocycles. The number of hydrogen-bond donors (Lipinski definition) is 0. The number of likely N-dealkylation sites (tertiary alicyclic amines) is 1. The van der Waals surface area contributed by atoms with E-state index in [1.807, 2.05) is 0 Å². The van der Waals surface area contributed by atoms with Crippen LogP contribution < -0.4 is 0 Å². The van der Waals surface area contributed by atoms with E-state index < -0.39 is 0 Å². The Morgan fingerprint density at radius 2 is 2.80 bits per heavy atom. The van der Waals surface area contributed by atoms with Crippen molar-refractivity contribution in [2.75, 3.05) is 20.7 Å². The lowest BCUT2D eigenvalue weighted by Crippen LogP contribution is -2.31. The average molecular weight is 144 g/mol. The molecule has 0 radical (unpaired) electrons. The summed E-state index contributed by atoms with van der Waals surface area (Å²) in [6.07, 6.45) is 1.42. The molecule has 1 aliphatic rings. The summed E-state index contributed by atoms with van der Waals surface area (Å²) >= 11 is 0. The molecule has 0 aromatic heterocycles. The van der Waals surface area contributed by atoms with E-state index >= 15 is 0 Å². The maximum absolute atomic E-state index is 11.0. The van der Waals surface area contributed by atoms with E-state index in [2.05, 4.69) is 0 Å².